The quantitative estimate of drug-likeness (QED) is 0.867. The van der Waals surface area contributed by atoms with Crippen molar-refractivity contribution >= 4 is 11.7 Å². The lowest BCUT2D eigenvalue weighted by Crippen LogP contribution is -2.35. The van der Waals surface area contributed by atoms with Crippen LogP contribution in [0.3, 0.4) is 0 Å². The normalized spacial score (nSPS) is 11.1. The van der Waals surface area contributed by atoms with E-state index in [9.17, 15) is 9.90 Å². The molecule has 3 heteroatoms. The van der Waals surface area contributed by atoms with Gasteiger partial charge in [0.1, 0.15) is 0 Å². The monoisotopic (exact) mass is 249 g/mol. The van der Waals surface area contributed by atoms with Crippen LogP contribution in [0.1, 0.15) is 43.6 Å². The molecule has 0 aliphatic rings. The lowest BCUT2D eigenvalue weighted by molar-refractivity contribution is 0.0697. The molecule has 0 aromatic heterocycles. The van der Waals surface area contributed by atoms with Crippen LogP contribution < -0.4 is 4.90 Å². The van der Waals surface area contributed by atoms with E-state index >= 15 is 0 Å². The summed E-state index contributed by atoms with van der Waals surface area (Å²) in [6.07, 6.45) is 0. The van der Waals surface area contributed by atoms with E-state index in [0.717, 1.165) is 17.8 Å². The SMILES string of the molecule is Cc1ccc(N(CC(C)C)C(C)C)c(C(=O)O)c1. The molecular formula is C15H23NO2. The number of aryl methyl sites for hydroxylation is 1. The molecule has 3 nitrogen and oxygen atoms in total. The van der Waals surface area contributed by atoms with Crippen LogP contribution in [-0.2, 0) is 0 Å². The summed E-state index contributed by atoms with van der Waals surface area (Å²) in [4.78, 5) is 13.5. The molecule has 0 unspecified atom stereocenters. The Balaban J connectivity index is 3.22. The predicted molar refractivity (Wildman–Crippen MR) is 75.5 cm³/mol. The largest absolute Gasteiger partial charge is 0.478 e. The highest BCUT2D eigenvalue weighted by Gasteiger charge is 2.19. The van der Waals surface area contributed by atoms with Gasteiger partial charge >= 0.3 is 5.97 Å². The Hall–Kier alpha value is -1.51. The van der Waals surface area contributed by atoms with E-state index in [1.54, 1.807) is 6.07 Å². The maximum absolute atomic E-state index is 11.4. The third-order valence-corrected chi connectivity index (χ3v) is 2.88. The van der Waals surface area contributed by atoms with Crippen LogP contribution in [0.2, 0.25) is 0 Å². The summed E-state index contributed by atoms with van der Waals surface area (Å²) < 4.78 is 0. The van der Waals surface area contributed by atoms with Gasteiger partial charge in [-0.2, -0.15) is 0 Å². The number of hydrogen-bond donors (Lipinski definition) is 1. The van der Waals surface area contributed by atoms with Crippen LogP contribution in [0.4, 0.5) is 5.69 Å². The molecule has 0 bridgehead atoms. The van der Waals surface area contributed by atoms with Gasteiger partial charge < -0.3 is 10.0 Å². The third kappa shape index (κ3) is 3.49. The molecule has 100 valence electrons. The topological polar surface area (TPSA) is 40.5 Å². The second kappa shape index (κ2) is 5.89. The van der Waals surface area contributed by atoms with Crippen molar-refractivity contribution in [1.29, 1.82) is 0 Å². The van der Waals surface area contributed by atoms with Gasteiger partial charge in [0, 0.05) is 12.6 Å². The molecular weight excluding hydrogens is 226 g/mol. The Kier molecular flexibility index (Phi) is 4.76. The molecule has 1 N–H and O–H groups in total. The molecule has 0 fully saturated rings. The molecule has 0 atom stereocenters. The van der Waals surface area contributed by atoms with Crippen molar-refractivity contribution in [3.8, 4) is 0 Å². The zero-order chi connectivity index (χ0) is 13.9. The van der Waals surface area contributed by atoms with Crippen LogP contribution in [-0.4, -0.2) is 23.7 Å². The molecule has 0 saturated heterocycles. The zero-order valence-electron chi connectivity index (χ0n) is 11.9. The lowest BCUT2D eigenvalue weighted by atomic mass is 10.1. The van der Waals surface area contributed by atoms with Crippen LogP contribution in [0, 0.1) is 12.8 Å². The first-order valence-electron chi connectivity index (χ1n) is 6.43. The summed E-state index contributed by atoms with van der Waals surface area (Å²) in [5.74, 6) is -0.363. The molecule has 1 aromatic rings. The van der Waals surface area contributed by atoms with Crippen molar-refractivity contribution in [2.75, 3.05) is 11.4 Å². The molecule has 0 spiro atoms. The average molecular weight is 249 g/mol. The summed E-state index contributed by atoms with van der Waals surface area (Å²) in [5.41, 5.74) is 2.19. The highest BCUT2D eigenvalue weighted by atomic mass is 16.4. The fraction of sp³-hybridized carbons (Fsp3) is 0.533. The maximum Gasteiger partial charge on any atom is 0.337 e. The third-order valence-electron chi connectivity index (χ3n) is 2.88. The van der Waals surface area contributed by atoms with Crippen LogP contribution >= 0.6 is 0 Å². The summed E-state index contributed by atoms with van der Waals surface area (Å²) >= 11 is 0. The van der Waals surface area contributed by atoms with E-state index in [-0.39, 0.29) is 6.04 Å². The van der Waals surface area contributed by atoms with Gasteiger partial charge in [0.15, 0.2) is 0 Å². The molecule has 0 aliphatic carbocycles. The first-order valence-corrected chi connectivity index (χ1v) is 6.43. The predicted octanol–water partition coefficient (Wildman–Crippen LogP) is 3.56. The van der Waals surface area contributed by atoms with E-state index in [2.05, 4.69) is 32.6 Å². The number of nitrogens with zero attached hydrogens (tertiary/aromatic N) is 1. The summed E-state index contributed by atoms with van der Waals surface area (Å²) in [5, 5.41) is 9.33. The smallest absolute Gasteiger partial charge is 0.337 e. The fourth-order valence-corrected chi connectivity index (χ4v) is 2.05. The van der Waals surface area contributed by atoms with Gasteiger partial charge in [-0.25, -0.2) is 4.79 Å². The van der Waals surface area contributed by atoms with E-state index in [1.165, 1.54) is 0 Å². The second-order valence-electron chi connectivity index (χ2n) is 5.47. The van der Waals surface area contributed by atoms with Crippen LogP contribution in [0.5, 0.6) is 0 Å². The number of carboxylic acids is 1. The lowest BCUT2D eigenvalue weighted by Gasteiger charge is -2.32. The Bertz CT molecular complexity index is 425. The first kappa shape index (κ1) is 14.6. The van der Waals surface area contributed by atoms with Crippen LogP contribution in [0.15, 0.2) is 18.2 Å². The molecule has 1 rings (SSSR count). The Morgan fingerprint density at radius 3 is 2.33 bits per heavy atom. The van der Waals surface area contributed by atoms with Gasteiger partial charge in [-0.1, -0.05) is 25.5 Å². The van der Waals surface area contributed by atoms with Gasteiger partial charge in [0.2, 0.25) is 0 Å². The summed E-state index contributed by atoms with van der Waals surface area (Å²) in [6.45, 7) is 11.2. The van der Waals surface area contributed by atoms with E-state index in [4.69, 9.17) is 0 Å². The number of anilines is 1. The molecule has 18 heavy (non-hydrogen) atoms. The average Bonchev–Trinajstić information content (AvgIpc) is 2.25. The van der Waals surface area contributed by atoms with Gasteiger partial charge in [-0.3, -0.25) is 0 Å². The van der Waals surface area contributed by atoms with E-state index in [1.807, 2.05) is 19.1 Å². The molecule has 0 amide bonds. The van der Waals surface area contributed by atoms with Gasteiger partial charge in [-0.05, 0) is 38.8 Å². The Morgan fingerprint density at radius 2 is 1.89 bits per heavy atom. The summed E-state index contributed by atoms with van der Waals surface area (Å²) in [7, 11) is 0. The minimum absolute atomic E-state index is 0.285. The molecule has 0 saturated carbocycles. The minimum atomic E-state index is -0.858. The maximum atomic E-state index is 11.4. The Labute approximate surface area is 109 Å². The van der Waals surface area contributed by atoms with E-state index < -0.39 is 5.97 Å². The highest BCUT2D eigenvalue weighted by molar-refractivity contribution is 5.94. The van der Waals surface area contributed by atoms with Crippen molar-refractivity contribution in [2.45, 2.75) is 40.7 Å². The Morgan fingerprint density at radius 1 is 1.28 bits per heavy atom. The number of rotatable bonds is 5. The first-order chi connectivity index (χ1) is 8.32. The van der Waals surface area contributed by atoms with Crippen molar-refractivity contribution in [2.24, 2.45) is 5.92 Å². The number of aromatic carboxylic acids is 1. The van der Waals surface area contributed by atoms with Gasteiger partial charge in [-0.15, -0.1) is 0 Å². The van der Waals surface area contributed by atoms with Gasteiger partial charge in [0.05, 0.1) is 11.3 Å². The zero-order valence-corrected chi connectivity index (χ0v) is 11.9. The number of carbonyl (C=O) groups is 1. The van der Waals surface area contributed by atoms with E-state index in [0.29, 0.717) is 11.5 Å². The number of hydrogen-bond acceptors (Lipinski definition) is 2. The number of benzene rings is 1. The van der Waals surface area contributed by atoms with Gasteiger partial charge in [0.25, 0.3) is 0 Å². The van der Waals surface area contributed by atoms with Crippen molar-refractivity contribution in [1.82, 2.24) is 0 Å². The number of carboxylic acid groups (broad SMARTS) is 1. The fourth-order valence-electron chi connectivity index (χ4n) is 2.05. The highest BCUT2D eigenvalue weighted by Crippen LogP contribution is 2.25. The minimum Gasteiger partial charge on any atom is -0.478 e. The summed E-state index contributed by atoms with van der Waals surface area (Å²) in [6, 6.07) is 5.92. The molecule has 0 heterocycles. The second-order valence-corrected chi connectivity index (χ2v) is 5.47. The van der Waals surface area contributed by atoms with Crippen molar-refractivity contribution in [3.05, 3.63) is 29.3 Å². The van der Waals surface area contributed by atoms with Crippen molar-refractivity contribution < 1.29 is 9.90 Å². The molecule has 1 aromatic carbocycles. The standard InChI is InChI=1S/C15H23NO2/c1-10(2)9-16(11(3)4)14-7-6-12(5)8-13(14)15(17)18/h6-8,10-11H,9H2,1-5H3,(H,17,18). The molecule has 0 radical (unpaired) electrons. The van der Waals surface area contributed by atoms with Crippen molar-refractivity contribution in [3.63, 3.8) is 0 Å². The molecule has 0 aliphatic heterocycles. The van der Waals surface area contributed by atoms with Crippen LogP contribution in [0.25, 0.3) is 0 Å².